The van der Waals surface area contributed by atoms with Crippen LogP contribution in [0.2, 0.25) is 0 Å². The molecule has 0 radical (unpaired) electrons. The molecule has 274 valence electrons. The maximum Gasteiger partial charge on any atom is 0.416 e. The smallest absolute Gasteiger partial charge is 0.416 e. The van der Waals surface area contributed by atoms with Gasteiger partial charge in [0.2, 0.25) is 5.43 Å². The van der Waals surface area contributed by atoms with Crippen LogP contribution in [0.15, 0.2) is 65.6 Å². The van der Waals surface area contributed by atoms with Gasteiger partial charge in [0.05, 0.1) is 51.5 Å². The summed E-state index contributed by atoms with van der Waals surface area (Å²) in [6, 6.07) is 10.3. The van der Waals surface area contributed by atoms with Gasteiger partial charge in [-0.2, -0.15) is 13.2 Å². The summed E-state index contributed by atoms with van der Waals surface area (Å²) in [7, 11) is 3.59. The Morgan fingerprint density at radius 3 is 2.24 bits per heavy atom. The number of unbranched alkanes of at least 4 members (excludes halogenated alkanes) is 4. The summed E-state index contributed by atoms with van der Waals surface area (Å²) in [6.07, 6.45) is 5.61. The summed E-state index contributed by atoms with van der Waals surface area (Å²) in [6.45, 7) is 5.66. The zero-order valence-corrected chi connectivity index (χ0v) is 29.3. The molecule has 0 spiro atoms. The molecule has 1 saturated heterocycles. The lowest BCUT2D eigenvalue weighted by Gasteiger charge is -2.37. The molecule has 1 fully saturated rings. The molecule has 1 aromatic heterocycles. The summed E-state index contributed by atoms with van der Waals surface area (Å²) in [5.74, 6) is -2.40. The zero-order chi connectivity index (χ0) is 36.8. The summed E-state index contributed by atoms with van der Waals surface area (Å²) in [5.41, 5.74) is -2.06. The first kappa shape index (κ1) is 37.8. The molecule has 0 aliphatic carbocycles. The highest BCUT2D eigenvalue weighted by Crippen LogP contribution is 2.35. The molecule has 0 bridgehead atoms. The molecule has 2 heterocycles. The van der Waals surface area contributed by atoms with Gasteiger partial charge >= 0.3 is 6.18 Å². The molecule has 3 aromatic carbocycles. The van der Waals surface area contributed by atoms with Crippen molar-refractivity contribution in [2.75, 3.05) is 51.8 Å². The van der Waals surface area contributed by atoms with Crippen LogP contribution in [0, 0.1) is 11.6 Å². The first-order chi connectivity index (χ1) is 24.3. The summed E-state index contributed by atoms with van der Waals surface area (Å²) >= 11 is 0. The number of carbonyl (C=O) groups excluding carboxylic acids is 1. The molecule has 1 aliphatic heterocycles. The number of methoxy groups -OCH3 is 1. The molecule has 1 amide bonds. The van der Waals surface area contributed by atoms with Crippen molar-refractivity contribution in [2.24, 2.45) is 0 Å². The van der Waals surface area contributed by atoms with Crippen LogP contribution >= 0.6 is 0 Å². The lowest BCUT2D eigenvalue weighted by molar-refractivity contribution is -0.914. The zero-order valence-electron chi connectivity index (χ0n) is 29.3. The third kappa shape index (κ3) is 9.27. The van der Waals surface area contributed by atoms with Crippen LogP contribution in [-0.4, -0.2) is 61.9 Å². The second kappa shape index (κ2) is 16.3. The largest absolute Gasteiger partial charge is 0.497 e. The lowest BCUT2D eigenvalue weighted by Crippen LogP contribution is -2.48. The number of halogens is 5. The van der Waals surface area contributed by atoms with Gasteiger partial charge in [0, 0.05) is 47.7 Å². The molecular formula is C39H45F5N3O4+. The molecule has 0 unspecified atom stereocenters. The van der Waals surface area contributed by atoms with Crippen LogP contribution in [0.5, 0.6) is 11.5 Å². The van der Waals surface area contributed by atoms with Crippen LogP contribution in [0.1, 0.15) is 74.2 Å². The highest BCUT2D eigenvalue weighted by molar-refractivity contribution is 6.07. The van der Waals surface area contributed by atoms with Crippen LogP contribution in [0.25, 0.3) is 16.6 Å². The third-order valence-corrected chi connectivity index (χ3v) is 9.67. The Morgan fingerprint density at radius 1 is 0.882 bits per heavy atom. The van der Waals surface area contributed by atoms with Gasteiger partial charge < -0.3 is 23.4 Å². The van der Waals surface area contributed by atoms with Gasteiger partial charge in [0.1, 0.15) is 28.7 Å². The van der Waals surface area contributed by atoms with Gasteiger partial charge in [-0.25, -0.2) is 8.78 Å². The van der Waals surface area contributed by atoms with E-state index in [1.165, 1.54) is 73.6 Å². The van der Waals surface area contributed by atoms with Crippen LogP contribution < -0.4 is 19.8 Å². The van der Waals surface area contributed by atoms with Crippen molar-refractivity contribution in [3.05, 3.63) is 93.8 Å². The van der Waals surface area contributed by atoms with Crippen molar-refractivity contribution in [3.63, 3.8) is 0 Å². The SMILES string of the molecule is CCN(C(=O)c1cn(-c2cc(OC)cc(C(F)(F)F)c2)c2cc(OCCCCCCC[N+]3(C)CCCCC3)ccc2c1=O)c1cc(F)cc(F)c1. The number of fused-ring (bicyclic) bond motifs is 1. The van der Waals surface area contributed by atoms with Crippen LogP contribution in [0.3, 0.4) is 0 Å². The van der Waals surface area contributed by atoms with Crippen molar-refractivity contribution >= 4 is 22.5 Å². The number of hydrogen-bond donors (Lipinski definition) is 0. The van der Waals surface area contributed by atoms with E-state index in [9.17, 15) is 31.5 Å². The van der Waals surface area contributed by atoms with E-state index in [1.54, 1.807) is 19.1 Å². The van der Waals surface area contributed by atoms with Crippen molar-refractivity contribution in [2.45, 2.75) is 64.5 Å². The fourth-order valence-corrected chi connectivity index (χ4v) is 6.86. The topological polar surface area (TPSA) is 60.8 Å². The Balaban J connectivity index is 1.42. The van der Waals surface area contributed by atoms with Crippen LogP contribution in [0.4, 0.5) is 27.6 Å². The number of aromatic nitrogens is 1. The average Bonchev–Trinajstić information content (AvgIpc) is 3.09. The standard InChI is InChI=1S/C39H45F5N3O4/c1-4-45(31-22-28(40)21-29(41)23-31)38(49)35-26-46(30-19-27(39(42,43)44)20-33(24-30)50-3)36-25-32(13-14-34(36)37(35)48)51-18-12-7-5-6-9-15-47(2)16-10-8-11-17-47/h13-14,19-26H,4-12,15-18H2,1-3H3/q+1. The Kier molecular flexibility index (Phi) is 12.1. The lowest BCUT2D eigenvalue weighted by atomic mass is 10.1. The van der Waals surface area contributed by atoms with Gasteiger partial charge in [0.15, 0.2) is 0 Å². The molecular weight excluding hydrogens is 669 g/mol. The Morgan fingerprint density at radius 2 is 1.57 bits per heavy atom. The van der Waals surface area contributed by atoms with Gasteiger partial charge in [-0.1, -0.05) is 12.8 Å². The second-order valence-electron chi connectivity index (χ2n) is 13.5. The van der Waals surface area contributed by atoms with E-state index in [1.807, 2.05) is 0 Å². The van der Waals surface area contributed by atoms with E-state index in [0.717, 1.165) is 61.0 Å². The number of quaternary nitrogens is 1. The maximum absolute atomic E-state index is 14.1. The number of anilines is 1. The van der Waals surface area contributed by atoms with Gasteiger partial charge in [0.25, 0.3) is 5.91 Å². The molecule has 0 atom stereocenters. The minimum Gasteiger partial charge on any atom is -0.497 e. The second-order valence-corrected chi connectivity index (χ2v) is 13.5. The molecule has 0 saturated carbocycles. The Hall–Kier alpha value is -4.45. The average molecular weight is 715 g/mol. The minimum atomic E-state index is -4.72. The molecule has 51 heavy (non-hydrogen) atoms. The van der Waals surface area contributed by atoms with E-state index < -0.39 is 40.3 Å². The number of hydrogen-bond acceptors (Lipinski definition) is 4. The van der Waals surface area contributed by atoms with E-state index in [2.05, 4.69) is 7.05 Å². The highest BCUT2D eigenvalue weighted by atomic mass is 19.4. The normalized spacial score (nSPS) is 14.4. The van der Waals surface area contributed by atoms with Crippen molar-refractivity contribution in [1.82, 2.24) is 4.57 Å². The van der Waals surface area contributed by atoms with E-state index in [-0.39, 0.29) is 34.6 Å². The summed E-state index contributed by atoms with van der Waals surface area (Å²) in [5, 5.41) is 0.0381. The molecule has 12 heteroatoms. The van der Waals surface area contributed by atoms with E-state index in [0.29, 0.717) is 18.4 Å². The van der Waals surface area contributed by atoms with Gasteiger partial charge in [-0.15, -0.1) is 0 Å². The maximum atomic E-state index is 14.1. The molecule has 0 N–H and O–H groups in total. The first-order valence-electron chi connectivity index (χ1n) is 17.5. The molecule has 4 aromatic rings. The van der Waals surface area contributed by atoms with Crippen molar-refractivity contribution < 1.29 is 40.7 Å². The summed E-state index contributed by atoms with van der Waals surface area (Å²) < 4.78 is 83.8. The number of ether oxygens (including phenoxy) is 2. The number of piperidine rings is 1. The summed E-state index contributed by atoms with van der Waals surface area (Å²) in [4.78, 5) is 28.7. The van der Waals surface area contributed by atoms with Crippen LogP contribution in [-0.2, 0) is 6.18 Å². The quantitative estimate of drug-likeness (QED) is 0.0744. The molecule has 1 aliphatic rings. The predicted molar refractivity (Wildman–Crippen MR) is 188 cm³/mol. The van der Waals surface area contributed by atoms with E-state index in [4.69, 9.17) is 9.47 Å². The van der Waals surface area contributed by atoms with Gasteiger partial charge in [-0.05, 0) is 81.8 Å². The predicted octanol–water partition coefficient (Wildman–Crippen LogP) is 8.92. The monoisotopic (exact) mass is 714 g/mol. The number of likely N-dealkylation sites (tertiary alicyclic amines) is 1. The Bertz CT molecular complexity index is 1880. The highest BCUT2D eigenvalue weighted by Gasteiger charge is 2.32. The number of pyridine rings is 1. The number of alkyl halides is 3. The fraction of sp³-hybridized carbons (Fsp3) is 0.436. The minimum absolute atomic E-state index is 0.0292. The first-order valence-corrected chi connectivity index (χ1v) is 17.5. The van der Waals surface area contributed by atoms with Crippen molar-refractivity contribution in [3.8, 4) is 17.2 Å². The fourth-order valence-electron chi connectivity index (χ4n) is 6.86. The van der Waals surface area contributed by atoms with E-state index >= 15 is 0 Å². The number of benzene rings is 3. The molecule has 5 rings (SSSR count). The number of carbonyl (C=O) groups is 1. The van der Waals surface area contributed by atoms with Gasteiger partial charge in [-0.3, -0.25) is 9.59 Å². The third-order valence-electron chi connectivity index (χ3n) is 9.67. The Labute approximate surface area is 294 Å². The number of nitrogens with zero attached hydrogens (tertiary/aromatic N) is 3. The number of rotatable bonds is 14. The molecule has 7 nitrogen and oxygen atoms in total. The van der Waals surface area contributed by atoms with Crippen molar-refractivity contribution in [1.29, 1.82) is 0 Å². The number of amides is 1.